The molecule has 3 N–H and O–H groups in total. The van der Waals surface area contributed by atoms with Crippen molar-refractivity contribution in [2.75, 3.05) is 44.2 Å². The Labute approximate surface area is 253 Å². The summed E-state index contributed by atoms with van der Waals surface area (Å²) in [6, 6.07) is 9.31. The van der Waals surface area contributed by atoms with Gasteiger partial charge in [-0.05, 0) is 85.8 Å². The Bertz CT molecular complexity index is 1760. The van der Waals surface area contributed by atoms with Crippen LogP contribution in [0.2, 0.25) is 0 Å². The first-order chi connectivity index (χ1) is 21.4. The van der Waals surface area contributed by atoms with E-state index >= 15 is 4.39 Å². The monoisotopic (exact) mass is 601 g/mol. The Kier molecular flexibility index (Phi) is 7.69. The normalized spacial score (nSPS) is 23.8. The Morgan fingerprint density at radius 3 is 2.80 bits per heavy atom. The number of phenols is 1. The maximum atomic E-state index is 16.7. The van der Waals surface area contributed by atoms with Gasteiger partial charge in [0, 0.05) is 42.0 Å². The molecule has 3 fully saturated rings. The molecule has 3 saturated heterocycles. The molecule has 228 valence electrons. The standard InChI is InChI=1S/C34H34F3N5O2/c1-2-24-28(36)8-5-20-13-23(43)14-27(30(20)24)25-6-7-26-32(31(25)37)40-34(44-18-19-4-3-10-38-15-22(35)12-19)41-33(26)42-16-21-9-11-39-29(21)17-42/h1,5-8,13-14,19,21-22,29,38-39,43H,3-4,9-12,15-18H2/t19-,21?,22-,29?/m1/s1. The van der Waals surface area contributed by atoms with E-state index < -0.39 is 17.8 Å². The molecule has 3 aliphatic rings. The van der Waals surface area contributed by atoms with Gasteiger partial charge in [-0.2, -0.15) is 9.97 Å². The lowest BCUT2D eigenvalue weighted by Crippen LogP contribution is -2.31. The number of aromatic hydroxyl groups is 1. The van der Waals surface area contributed by atoms with Crippen molar-refractivity contribution >= 4 is 27.5 Å². The molecule has 7 rings (SSSR count). The first-order valence-electron chi connectivity index (χ1n) is 15.3. The Morgan fingerprint density at radius 1 is 1.07 bits per heavy atom. The number of nitrogens with zero attached hydrogens (tertiary/aromatic N) is 3. The van der Waals surface area contributed by atoms with Crippen molar-refractivity contribution in [3.63, 3.8) is 0 Å². The minimum absolute atomic E-state index is 0.0129. The molecule has 1 aromatic heterocycles. The molecule has 0 amide bonds. The van der Waals surface area contributed by atoms with E-state index in [-0.39, 0.29) is 46.5 Å². The molecule has 0 saturated carbocycles. The number of alkyl halides is 1. The number of rotatable bonds is 5. The molecule has 10 heteroatoms. The molecule has 7 nitrogen and oxygen atoms in total. The van der Waals surface area contributed by atoms with Gasteiger partial charge in [-0.25, -0.2) is 13.2 Å². The molecule has 4 heterocycles. The molecule has 3 aromatic carbocycles. The molecule has 0 radical (unpaired) electrons. The van der Waals surface area contributed by atoms with Crippen LogP contribution < -0.4 is 20.3 Å². The van der Waals surface area contributed by atoms with E-state index in [0.29, 0.717) is 46.9 Å². The van der Waals surface area contributed by atoms with Crippen LogP contribution in [0.25, 0.3) is 32.8 Å². The average molecular weight is 602 g/mol. The van der Waals surface area contributed by atoms with Crippen molar-refractivity contribution in [3.8, 4) is 35.2 Å². The average Bonchev–Trinajstić information content (AvgIpc) is 3.61. The summed E-state index contributed by atoms with van der Waals surface area (Å²) in [4.78, 5) is 11.5. The largest absolute Gasteiger partial charge is 0.508 e. The number of aromatic nitrogens is 2. The van der Waals surface area contributed by atoms with Crippen molar-refractivity contribution in [1.29, 1.82) is 0 Å². The Balaban J connectivity index is 1.34. The Hall–Kier alpha value is -4.07. The van der Waals surface area contributed by atoms with Crippen LogP contribution in [0.5, 0.6) is 11.8 Å². The lowest BCUT2D eigenvalue weighted by Gasteiger charge is -2.24. The molecule has 44 heavy (non-hydrogen) atoms. The van der Waals surface area contributed by atoms with Crippen LogP contribution in [0.15, 0.2) is 36.4 Å². The van der Waals surface area contributed by atoms with E-state index in [1.807, 2.05) is 0 Å². The quantitative estimate of drug-likeness (QED) is 0.267. The number of anilines is 1. The molecule has 0 bridgehead atoms. The van der Waals surface area contributed by atoms with Gasteiger partial charge in [0.15, 0.2) is 5.82 Å². The van der Waals surface area contributed by atoms with E-state index in [1.54, 1.807) is 12.1 Å². The summed E-state index contributed by atoms with van der Waals surface area (Å²) in [5.41, 5.74) is 0.407. The van der Waals surface area contributed by atoms with Crippen LogP contribution in [-0.4, -0.2) is 66.6 Å². The maximum absolute atomic E-state index is 16.7. The second-order valence-corrected chi connectivity index (χ2v) is 12.2. The summed E-state index contributed by atoms with van der Waals surface area (Å²) in [6.07, 6.45) is 7.84. The highest BCUT2D eigenvalue weighted by molar-refractivity contribution is 6.04. The van der Waals surface area contributed by atoms with Crippen LogP contribution in [0, 0.1) is 35.8 Å². The summed E-state index contributed by atoms with van der Waals surface area (Å²) < 4.78 is 52.0. The second-order valence-electron chi connectivity index (χ2n) is 12.2. The zero-order valence-electron chi connectivity index (χ0n) is 24.3. The summed E-state index contributed by atoms with van der Waals surface area (Å²) in [5, 5.41) is 18.5. The zero-order valence-corrected chi connectivity index (χ0v) is 24.3. The van der Waals surface area contributed by atoms with Gasteiger partial charge >= 0.3 is 6.01 Å². The van der Waals surface area contributed by atoms with E-state index in [9.17, 15) is 13.9 Å². The second kappa shape index (κ2) is 11.8. The summed E-state index contributed by atoms with van der Waals surface area (Å²) in [5.74, 6) is 2.04. The van der Waals surface area contributed by atoms with Crippen LogP contribution >= 0.6 is 0 Å². The van der Waals surface area contributed by atoms with E-state index in [0.717, 1.165) is 45.4 Å². The van der Waals surface area contributed by atoms with E-state index in [2.05, 4.69) is 26.4 Å². The number of ether oxygens (including phenoxy) is 1. The third-order valence-electron chi connectivity index (χ3n) is 9.28. The van der Waals surface area contributed by atoms with E-state index in [1.165, 1.54) is 24.3 Å². The fraction of sp³-hybridized carbons (Fsp3) is 0.412. The molecule has 0 aliphatic carbocycles. The SMILES string of the molecule is C#Cc1c(F)ccc2cc(O)cc(-c3ccc4c(N5CC6CCNC6C5)nc(OC[C@@H]5CCCNC[C@H](F)C5)nc4c3F)c12. The van der Waals surface area contributed by atoms with Crippen molar-refractivity contribution in [3.05, 3.63) is 53.6 Å². The predicted octanol–water partition coefficient (Wildman–Crippen LogP) is 5.32. The van der Waals surface area contributed by atoms with Gasteiger partial charge in [0.2, 0.25) is 0 Å². The van der Waals surface area contributed by atoms with Gasteiger partial charge in [-0.3, -0.25) is 0 Å². The molecular formula is C34H34F3N5O2. The highest BCUT2D eigenvalue weighted by atomic mass is 19.1. The number of phenolic OH excluding ortho intramolecular Hbond substituents is 1. The predicted molar refractivity (Wildman–Crippen MR) is 165 cm³/mol. The third-order valence-corrected chi connectivity index (χ3v) is 9.28. The number of fused-ring (bicyclic) bond motifs is 3. The minimum Gasteiger partial charge on any atom is -0.508 e. The lowest BCUT2D eigenvalue weighted by molar-refractivity contribution is 0.166. The maximum Gasteiger partial charge on any atom is 0.319 e. The van der Waals surface area contributed by atoms with Gasteiger partial charge in [0.1, 0.15) is 29.1 Å². The summed E-state index contributed by atoms with van der Waals surface area (Å²) in [6.45, 7) is 3.77. The van der Waals surface area contributed by atoms with E-state index in [4.69, 9.17) is 16.1 Å². The highest BCUT2D eigenvalue weighted by Gasteiger charge is 2.37. The number of halogens is 3. The van der Waals surface area contributed by atoms with Crippen molar-refractivity contribution in [1.82, 2.24) is 20.6 Å². The fourth-order valence-corrected chi connectivity index (χ4v) is 7.12. The van der Waals surface area contributed by atoms with Crippen molar-refractivity contribution < 1.29 is 23.0 Å². The zero-order chi connectivity index (χ0) is 30.4. The van der Waals surface area contributed by atoms with Gasteiger partial charge < -0.3 is 25.4 Å². The van der Waals surface area contributed by atoms with Gasteiger partial charge in [-0.15, -0.1) is 6.42 Å². The van der Waals surface area contributed by atoms with Crippen LogP contribution in [0.3, 0.4) is 0 Å². The third kappa shape index (κ3) is 5.29. The number of terminal acetylenes is 1. The van der Waals surface area contributed by atoms with Crippen LogP contribution in [0.1, 0.15) is 31.2 Å². The molecule has 2 unspecified atom stereocenters. The number of hydrogen-bond donors (Lipinski definition) is 3. The smallest absolute Gasteiger partial charge is 0.319 e. The number of nitrogens with one attached hydrogen (secondary N) is 2. The fourth-order valence-electron chi connectivity index (χ4n) is 7.12. The van der Waals surface area contributed by atoms with Crippen LogP contribution in [0.4, 0.5) is 19.0 Å². The summed E-state index contributed by atoms with van der Waals surface area (Å²) in [7, 11) is 0. The number of hydrogen-bond acceptors (Lipinski definition) is 7. The highest BCUT2D eigenvalue weighted by Crippen LogP contribution is 2.41. The lowest BCUT2D eigenvalue weighted by atomic mass is 9.93. The number of benzene rings is 3. The molecule has 3 aliphatic heterocycles. The topological polar surface area (TPSA) is 82.5 Å². The first-order valence-corrected chi connectivity index (χ1v) is 15.3. The van der Waals surface area contributed by atoms with Gasteiger partial charge in [-0.1, -0.05) is 18.1 Å². The Morgan fingerprint density at radius 2 is 1.95 bits per heavy atom. The van der Waals surface area contributed by atoms with Crippen molar-refractivity contribution in [2.45, 2.75) is 37.9 Å². The molecule has 0 spiro atoms. The van der Waals surface area contributed by atoms with Crippen LogP contribution in [-0.2, 0) is 0 Å². The van der Waals surface area contributed by atoms with Gasteiger partial charge in [0.25, 0.3) is 0 Å². The minimum atomic E-state index is -0.969. The molecule has 4 aromatic rings. The van der Waals surface area contributed by atoms with Gasteiger partial charge in [0.05, 0.1) is 12.2 Å². The van der Waals surface area contributed by atoms with Crippen molar-refractivity contribution in [2.24, 2.45) is 11.8 Å². The first kappa shape index (κ1) is 28.7. The molecular weight excluding hydrogens is 567 g/mol. The molecule has 4 atom stereocenters. The summed E-state index contributed by atoms with van der Waals surface area (Å²) >= 11 is 0.